The van der Waals surface area contributed by atoms with E-state index >= 15 is 0 Å². The number of pyridine rings is 1. The van der Waals surface area contributed by atoms with Gasteiger partial charge < -0.3 is 10.4 Å². The van der Waals surface area contributed by atoms with Gasteiger partial charge in [0.15, 0.2) is 5.78 Å². The fourth-order valence-electron chi connectivity index (χ4n) is 6.07. The van der Waals surface area contributed by atoms with Gasteiger partial charge in [-0.25, -0.2) is 9.97 Å². The normalized spacial score (nSPS) is 20.9. The molecule has 3 aromatic rings. The summed E-state index contributed by atoms with van der Waals surface area (Å²) in [5.41, 5.74) is 2.28. The van der Waals surface area contributed by atoms with E-state index in [-0.39, 0.29) is 22.8 Å². The average molecular weight is 465 g/mol. The summed E-state index contributed by atoms with van der Waals surface area (Å²) in [4.78, 5) is 48.6. The number of carbonyl (C=O) groups is 2. The summed E-state index contributed by atoms with van der Waals surface area (Å²) in [6.07, 6.45) is 7.37. The fraction of sp³-hybridized carbons (Fsp3) is 0.458. The Labute approximate surface area is 193 Å². The SMILES string of the molecule is Cc1cc(Nc2ncnc3sc4c(c23)CC[C@H](C(=O)O)C4)c(=O)n2c1C(=O)CC21CCCC1. The molecule has 3 aromatic heterocycles. The van der Waals surface area contributed by atoms with E-state index in [0.717, 1.165) is 51.9 Å². The van der Waals surface area contributed by atoms with Crippen molar-refractivity contribution in [3.8, 4) is 0 Å². The van der Waals surface area contributed by atoms with E-state index in [1.807, 2.05) is 6.92 Å². The second-order valence-electron chi connectivity index (χ2n) is 9.57. The minimum absolute atomic E-state index is 0.0577. The topological polar surface area (TPSA) is 114 Å². The van der Waals surface area contributed by atoms with Crippen LogP contribution in [0.5, 0.6) is 0 Å². The third-order valence-electron chi connectivity index (χ3n) is 7.60. The maximum absolute atomic E-state index is 13.6. The number of aromatic nitrogens is 3. The number of thiophene rings is 1. The van der Waals surface area contributed by atoms with E-state index in [4.69, 9.17) is 0 Å². The summed E-state index contributed by atoms with van der Waals surface area (Å²) in [7, 11) is 0. The van der Waals surface area contributed by atoms with Crippen molar-refractivity contribution < 1.29 is 14.7 Å². The number of fused-ring (bicyclic) bond motifs is 5. The number of carboxylic acid groups (broad SMARTS) is 1. The van der Waals surface area contributed by atoms with Crippen LogP contribution in [0.4, 0.5) is 11.5 Å². The first kappa shape index (κ1) is 20.5. The molecule has 0 unspecified atom stereocenters. The number of carbonyl (C=O) groups excluding carboxylic acids is 1. The Balaban J connectivity index is 1.46. The van der Waals surface area contributed by atoms with Crippen LogP contribution in [0.3, 0.4) is 0 Å². The largest absolute Gasteiger partial charge is 0.481 e. The van der Waals surface area contributed by atoms with Gasteiger partial charge in [0.2, 0.25) is 0 Å². The molecule has 1 fully saturated rings. The Morgan fingerprint density at radius 3 is 2.82 bits per heavy atom. The van der Waals surface area contributed by atoms with Crippen LogP contribution in [0.25, 0.3) is 10.2 Å². The van der Waals surface area contributed by atoms with Gasteiger partial charge in [-0.3, -0.25) is 19.0 Å². The zero-order valence-corrected chi connectivity index (χ0v) is 19.1. The summed E-state index contributed by atoms with van der Waals surface area (Å²) in [6.45, 7) is 1.89. The van der Waals surface area contributed by atoms with E-state index in [1.165, 1.54) is 17.7 Å². The molecule has 6 rings (SSSR count). The first-order chi connectivity index (χ1) is 15.9. The van der Waals surface area contributed by atoms with E-state index in [2.05, 4.69) is 15.3 Å². The summed E-state index contributed by atoms with van der Waals surface area (Å²) >= 11 is 1.51. The molecule has 0 amide bonds. The third kappa shape index (κ3) is 2.98. The van der Waals surface area contributed by atoms with Crippen molar-refractivity contribution in [3.63, 3.8) is 0 Å². The monoisotopic (exact) mass is 464 g/mol. The molecule has 9 heteroatoms. The van der Waals surface area contributed by atoms with Crippen molar-refractivity contribution in [3.05, 3.63) is 44.4 Å². The van der Waals surface area contributed by atoms with Gasteiger partial charge in [-0.2, -0.15) is 0 Å². The number of nitrogens with zero attached hydrogens (tertiary/aromatic N) is 3. The maximum atomic E-state index is 13.6. The quantitative estimate of drug-likeness (QED) is 0.603. The molecule has 2 N–H and O–H groups in total. The summed E-state index contributed by atoms with van der Waals surface area (Å²) < 4.78 is 1.76. The summed E-state index contributed by atoms with van der Waals surface area (Å²) in [6, 6.07) is 1.76. The number of hydrogen-bond donors (Lipinski definition) is 2. The number of Topliss-reactive ketones (excluding diaryl/α,β-unsaturated/α-hetero) is 1. The molecule has 0 radical (unpaired) electrons. The Kier molecular flexibility index (Phi) is 4.49. The van der Waals surface area contributed by atoms with Gasteiger partial charge in [0.1, 0.15) is 22.7 Å². The number of aryl methyl sites for hydroxylation is 2. The molecular weight excluding hydrogens is 440 g/mol. The smallest absolute Gasteiger partial charge is 0.306 e. The van der Waals surface area contributed by atoms with Gasteiger partial charge in [-0.15, -0.1) is 11.3 Å². The van der Waals surface area contributed by atoms with Crippen LogP contribution in [0, 0.1) is 12.8 Å². The third-order valence-corrected chi connectivity index (χ3v) is 8.76. The number of hydrogen-bond acceptors (Lipinski definition) is 7. The van der Waals surface area contributed by atoms with E-state index < -0.39 is 5.97 Å². The van der Waals surface area contributed by atoms with Crippen molar-refractivity contribution in [1.29, 1.82) is 0 Å². The Morgan fingerprint density at radius 2 is 2.06 bits per heavy atom. The number of anilines is 2. The summed E-state index contributed by atoms with van der Waals surface area (Å²) in [5.74, 6) is -0.519. The fourth-order valence-corrected chi connectivity index (χ4v) is 7.34. The molecule has 4 heterocycles. The Hall–Kier alpha value is -3.07. The van der Waals surface area contributed by atoms with E-state index in [0.29, 0.717) is 42.9 Å². The molecule has 1 aliphatic heterocycles. The highest BCUT2D eigenvalue weighted by Gasteiger charge is 2.46. The second-order valence-corrected chi connectivity index (χ2v) is 10.7. The average Bonchev–Trinajstić information content (AvgIpc) is 3.47. The zero-order valence-electron chi connectivity index (χ0n) is 18.3. The first-order valence-corrected chi connectivity index (χ1v) is 12.2. The second kappa shape index (κ2) is 7.21. The van der Waals surface area contributed by atoms with Crippen LogP contribution in [-0.2, 0) is 23.2 Å². The van der Waals surface area contributed by atoms with Crippen molar-refractivity contribution in [2.45, 2.75) is 63.8 Å². The maximum Gasteiger partial charge on any atom is 0.306 e. The number of aliphatic carboxylic acids is 1. The standard InChI is InChI=1S/C24H24N4O4S/c1-12-8-15(22(30)28-19(12)16(29)10-24(28)6-2-3-7-24)27-20-18-14-5-4-13(23(31)32)9-17(14)33-21(18)26-11-25-20/h8,11,13H,2-7,9-10H2,1H3,(H,31,32)(H,25,26,27)/t13-/m0/s1. The lowest BCUT2D eigenvalue weighted by Crippen LogP contribution is -2.37. The molecule has 33 heavy (non-hydrogen) atoms. The molecule has 170 valence electrons. The van der Waals surface area contributed by atoms with E-state index in [1.54, 1.807) is 10.6 Å². The van der Waals surface area contributed by atoms with Crippen LogP contribution < -0.4 is 10.9 Å². The van der Waals surface area contributed by atoms with Crippen LogP contribution >= 0.6 is 11.3 Å². The first-order valence-electron chi connectivity index (χ1n) is 11.4. The van der Waals surface area contributed by atoms with Gasteiger partial charge in [0.25, 0.3) is 5.56 Å². The van der Waals surface area contributed by atoms with Crippen LogP contribution in [0.2, 0.25) is 0 Å². The number of ketones is 1. The highest BCUT2D eigenvalue weighted by Crippen LogP contribution is 2.45. The van der Waals surface area contributed by atoms with Crippen LogP contribution in [0.15, 0.2) is 17.2 Å². The van der Waals surface area contributed by atoms with Crippen molar-refractivity contribution in [2.75, 3.05) is 5.32 Å². The lowest BCUT2D eigenvalue weighted by atomic mass is 9.88. The zero-order chi connectivity index (χ0) is 22.9. The van der Waals surface area contributed by atoms with Crippen LogP contribution in [-0.4, -0.2) is 31.4 Å². The Bertz CT molecular complexity index is 1400. The minimum Gasteiger partial charge on any atom is -0.481 e. The number of carboxylic acids is 1. The highest BCUT2D eigenvalue weighted by atomic mass is 32.1. The van der Waals surface area contributed by atoms with Crippen molar-refractivity contribution in [1.82, 2.24) is 14.5 Å². The molecule has 0 saturated heterocycles. The van der Waals surface area contributed by atoms with Crippen LogP contribution in [0.1, 0.15) is 65.0 Å². The molecule has 1 atom stereocenters. The number of nitrogens with one attached hydrogen (secondary N) is 1. The molecule has 2 aliphatic carbocycles. The predicted octanol–water partition coefficient (Wildman–Crippen LogP) is 3.95. The van der Waals surface area contributed by atoms with Gasteiger partial charge in [-0.1, -0.05) is 12.8 Å². The van der Waals surface area contributed by atoms with Crippen molar-refractivity contribution in [2.24, 2.45) is 5.92 Å². The molecule has 1 saturated carbocycles. The van der Waals surface area contributed by atoms with Crippen molar-refractivity contribution >= 4 is 44.8 Å². The Morgan fingerprint density at radius 1 is 1.27 bits per heavy atom. The molecule has 3 aliphatic rings. The minimum atomic E-state index is -0.764. The lowest BCUT2D eigenvalue weighted by Gasteiger charge is -2.26. The van der Waals surface area contributed by atoms with Gasteiger partial charge in [-0.05, 0) is 56.2 Å². The molecule has 8 nitrogen and oxygen atoms in total. The van der Waals surface area contributed by atoms with E-state index in [9.17, 15) is 19.5 Å². The van der Waals surface area contributed by atoms with Gasteiger partial charge in [0, 0.05) is 11.3 Å². The summed E-state index contributed by atoms with van der Waals surface area (Å²) in [5, 5.41) is 13.6. The molecular formula is C24H24N4O4S. The number of rotatable bonds is 3. The molecule has 0 aromatic carbocycles. The van der Waals surface area contributed by atoms with Gasteiger partial charge >= 0.3 is 5.97 Å². The predicted molar refractivity (Wildman–Crippen MR) is 125 cm³/mol. The molecule has 1 spiro atoms. The lowest BCUT2D eigenvalue weighted by molar-refractivity contribution is -0.142. The molecule has 0 bridgehead atoms. The van der Waals surface area contributed by atoms with Gasteiger partial charge in [0.05, 0.1) is 22.5 Å². The highest BCUT2D eigenvalue weighted by molar-refractivity contribution is 7.19.